The summed E-state index contributed by atoms with van der Waals surface area (Å²) in [5, 5.41) is 3.11. The number of benzene rings is 2. The van der Waals surface area contributed by atoms with Crippen molar-refractivity contribution in [1.82, 2.24) is 5.32 Å². The van der Waals surface area contributed by atoms with Gasteiger partial charge in [0.05, 0.1) is 18.2 Å². The fraction of sp³-hybridized carbons (Fsp3) is 0.211. The minimum Gasteiger partial charge on any atom is -0.493 e. The van der Waals surface area contributed by atoms with Crippen LogP contribution in [-0.2, 0) is 4.79 Å². The Morgan fingerprint density at radius 3 is 2.92 bits per heavy atom. The van der Waals surface area contributed by atoms with E-state index in [1.165, 1.54) is 0 Å². The quantitative estimate of drug-likeness (QED) is 0.853. The Balaban J connectivity index is 1.56. The third-order valence-corrected chi connectivity index (χ3v) is 4.73. The Bertz CT molecular complexity index is 831. The summed E-state index contributed by atoms with van der Waals surface area (Å²) in [6, 6.07) is 13.6. The summed E-state index contributed by atoms with van der Waals surface area (Å²) in [6.07, 6.45) is 2.66. The van der Waals surface area contributed by atoms with Gasteiger partial charge < -0.3 is 14.8 Å². The van der Waals surface area contributed by atoms with E-state index in [0.717, 1.165) is 33.5 Å². The lowest BCUT2D eigenvalue weighted by atomic mass is 9.99. The van der Waals surface area contributed by atoms with Gasteiger partial charge in [0.25, 0.3) is 5.91 Å². The monoisotopic (exact) mass is 385 g/mol. The highest BCUT2D eigenvalue weighted by atomic mass is 79.9. The van der Waals surface area contributed by atoms with Crippen LogP contribution in [0.3, 0.4) is 0 Å². The van der Waals surface area contributed by atoms with Gasteiger partial charge in [0, 0.05) is 22.0 Å². The average Bonchev–Trinajstić information content (AvgIpc) is 2.61. The molecular weight excluding hydrogens is 370 g/mol. The summed E-state index contributed by atoms with van der Waals surface area (Å²) in [6.45, 7) is 0.888. The average molecular weight is 386 g/mol. The molecule has 0 aliphatic carbocycles. The van der Waals surface area contributed by atoms with E-state index in [9.17, 15) is 4.79 Å². The molecule has 5 heteroatoms. The van der Waals surface area contributed by atoms with Crippen molar-refractivity contribution in [2.75, 3.05) is 13.2 Å². The van der Waals surface area contributed by atoms with Gasteiger partial charge in [0.2, 0.25) is 0 Å². The zero-order chi connectivity index (χ0) is 16.5. The summed E-state index contributed by atoms with van der Waals surface area (Å²) < 4.78 is 12.3. The van der Waals surface area contributed by atoms with Gasteiger partial charge in [-0.25, -0.2) is 0 Å². The maximum Gasteiger partial charge on any atom is 0.251 e. The number of rotatable bonds is 2. The molecule has 2 aromatic carbocycles. The molecule has 0 saturated carbocycles. The van der Waals surface area contributed by atoms with Gasteiger partial charge in [-0.2, -0.15) is 0 Å². The lowest BCUT2D eigenvalue weighted by Crippen LogP contribution is -2.34. The molecule has 1 atom stereocenters. The zero-order valence-electron chi connectivity index (χ0n) is 12.9. The molecule has 122 valence electrons. The van der Waals surface area contributed by atoms with Gasteiger partial charge in [-0.05, 0) is 30.3 Å². The maximum atomic E-state index is 12.7. The summed E-state index contributed by atoms with van der Waals surface area (Å²) in [4.78, 5) is 12.7. The van der Waals surface area contributed by atoms with Gasteiger partial charge >= 0.3 is 0 Å². The minimum atomic E-state index is -0.0951. The van der Waals surface area contributed by atoms with Crippen molar-refractivity contribution < 1.29 is 14.3 Å². The Labute approximate surface area is 148 Å². The van der Waals surface area contributed by atoms with Crippen molar-refractivity contribution in [2.24, 2.45) is 0 Å². The van der Waals surface area contributed by atoms with E-state index >= 15 is 0 Å². The second-order valence-corrected chi connectivity index (χ2v) is 6.76. The highest BCUT2D eigenvalue weighted by molar-refractivity contribution is 9.10. The maximum absolute atomic E-state index is 12.7. The van der Waals surface area contributed by atoms with Crippen LogP contribution < -0.4 is 14.8 Å². The second kappa shape index (κ2) is 6.32. The molecule has 0 aromatic heterocycles. The van der Waals surface area contributed by atoms with Crippen molar-refractivity contribution in [3.63, 3.8) is 0 Å². The summed E-state index contributed by atoms with van der Waals surface area (Å²) in [5.74, 6) is 1.55. The first-order chi connectivity index (χ1) is 11.7. The first kappa shape index (κ1) is 15.3. The van der Waals surface area contributed by atoms with Gasteiger partial charge in [0.15, 0.2) is 0 Å². The second-order valence-electron chi connectivity index (χ2n) is 5.84. The number of carbonyl (C=O) groups excluding carboxylic acids is 1. The number of hydrogen-bond donors (Lipinski definition) is 1. The van der Waals surface area contributed by atoms with E-state index in [1.807, 2.05) is 48.5 Å². The smallest absolute Gasteiger partial charge is 0.251 e. The number of amides is 1. The Morgan fingerprint density at radius 2 is 2.00 bits per heavy atom. The highest BCUT2D eigenvalue weighted by Gasteiger charge is 2.25. The van der Waals surface area contributed by atoms with Crippen LogP contribution in [0.4, 0.5) is 0 Å². The van der Waals surface area contributed by atoms with E-state index in [1.54, 1.807) is 0 Å². The van der Waals surface area contributed by atoms with Crippen LogP contribution in [0.5, 0.6) is 11.5 Å². The topological polar surface area (TPSA) is 47.6 Å². The number of carbonyl (C=O) groups is 1. The highest BCUT2D eigenvalue weighted by Crippen LogP contribution is 2.33. The predicted octanol–water partition coefficient (Wildman–Crippen LogP) is 3.86. The number of hydrogen-bond acceptors (Lipinski definition) is 3. The lowest BCUT2D eigenvalue weighted by Gasteiger charge is -2.27. The first-order valence-corrected chi connectivity index (χ1v) is 8.65. The van der Waals surface area contributed by atoms with Gasteiger partial charge in [-0.15, -0.1) is 0 Å². The number of fused-ring (bicyclic) bond motifs is 2. The van der Waals surface area contributed by atoms with E-state index in [0.29, 0.717) is 12.2 Å². The van der Waals surface area contributed by atoms with Crippen LogP contribution in [0.15, 0.2) is 52.5 Å². The first-order valence-electron chi connectivity index (χ1n) is 7.86. The van der Waals surface area contributed by atoms with Crippen LogP contribution in [0.1, 0.15) is 23.6 Å². The molecule has 1 N–H and O–H groups in total. The largest absolute Gasteiger partial charge is 0.493 e. The Morgan fingerprint density at radius 1 is 1.12 bits per heavy atom. The van der Waals surface area contributed by atoms with E-state index in [2.05, 4.69) is 21.2 Å². The van der Waals surface area contributed by atoms with Crippen molar-refractivity contribution in [2.45, 2.75) is 12.5 Å². The van der Waals surface area contributed by atoms with E-state index < -0.39 is 0 Å². The molecule has 2 aromatic rings. The number of nitrogens with one attached hydrogen (secondary N) is 1. The fourth-order valence-corrected chi connectivity index (χ4v) is 3.40. The van der Waals surface area contributed by atoms with Gasteiger partial charge in [0.1, 0.15) is 18.1 Å². The molecule has 4 rings (SSSR count). The zero-order valence-corrected chi connectivity index (χ0v) is 14.5. The molecule has 0 saturated heterocycles. The van der Waals surface area contributed by atoms with Crippen molar-refractivity contribution >= 4 is 27.9 Å². The Hall–Kier alpha value is -2.27. The molecule has 0 radical (unpaired) electrons. The van der Waals surface area contributed by atoms with Crippen LogP contribution in [0.2, 0.25) is 0 Å². The normalized spacial score (nSPS) is 18.4. The molecular formula is C19H16BrNO3. The fourth-order valence-electron chi connectivity index (χ4n) is 3.02. The van der Waals surface area contributed by atoms with Crippen LogP contribution in [0.25, 0.3) is 6.08 Å². The minimum absolute atomic E-state index is 0.0349. The van der Waals surface area contributed by atoms with Crippen molar-refractivity contribution in [3.8, 4) is 11.5 Å². The SMILES string of the molecule is O=C(N[C@H]1CCOc2ccccc21)C1=Cc2cc(Br)ccc2OC1. The molecule has 0 bridgehead atoms. The van der Waals surface area contributed by atoms with Crippen molar-refractivity contribution in [3.05, 3.63) is 63.6 Å². The summed E-state index contributed by atoms with van der Waals surface area (Å²) in [7, 11) is 0. The van der Waals surface area contributed by atoms with E-state index in [4.69, 9.17) is 9.47 Å². The van der Waals surface area contributed by atoms with E-state index in [-0.39, 0.29) is 18.6 Å². The standard InChI is InChI=1S/C19H16BrNO3/c20-14-5-6-17-12(10-14)9-13(11-24-17)19(22)21-16-7-8-23-18-4-2-1-3-15(16)18/h1-6,9-10,16H,7-8,11H2,(H,21,22)/t16-/m0/s1. The third-order valence-electron chi connectivity index (χ3n) is 4.24. The molecule has 24 heavy (non-hydrogen) atoms. The van der Waals surface area contributed by atoms with Crippen LogP contribution in [-0.4, -0.2) is 19.1 Å². The molecule has 0 unspecified atom stereocenters. The number of para-hydroxylation sites is 1. The van der Waals surface area contributed by atoms with Gasteiger partial charge in [-0.1, -0.05) is 34.1 Å². The molecule has 0 spiro atoms. The van der Waals surface area contributed by atoms with Crippen molar-refractivity contribution in [1.29, 1.82) is 0 Å². The lowest BCUT2D eigenvalue weighted by molar-refractivity contribution is -0.118. The van der Waals surface area contributed by atoms with Crippen LogP contribution in [0, 0.1) is 0 Å². The molecule has 2 aliphatic rings. The van der Waals surface area contributed by atoms with Crippen LogP contribution >= 0.6 is 15.9 Å². The molecule has 1 amide bonds. The molecule has 2 aliphatic heterocycles. The molecule has 2 heterocycles. The molecule has 4 nitrogen and oxygen atoms in total. The predicted molar refractivity (Wildman–Crippen MR) is 95.1 cm³/mol. The number of halogens is 1. The van der Waals surface area contributed by atoms with Gasteiger partial charge in [-0.3, -0.25) is 4.79 Å². The summed E-state index contributed by atoms with van der Waals surface area (Å²) in [5.41, 5.74) is 2.57. The third kappa shape index (κ3) is 2.91. The summed E-state index contributed by atoms with van der Waals surface area (Å²) >= 11 is 3.45. The Kier molecular flexibility index (Phi) is 4.02. The molecule has 0 fully saturated rings. The number of ether oxygens (including phenoxy) is 2.